The second-order valence-electron chi connectivity index (χ2n) is 5.50. The SMILES string of the molecule is COc1ccc(C[S+](c2ccccc2)c2ccccc2)cc1.F[B-](F)(F)F. The van der Waals surface area contributed by atoms with Gasteiger partial charge in [-0.1, -0.05) is 48.5 Å². The van der Waals surface area contributed by atoms with E-state index in [1.54, 1.807) is 7.11 Å². The Morgan fingerprint density at radius 2 is 1.11 bits per heavy atom. The summed E-state index contributed by atoms with van der Waals surface area (Å²) in [6.45, 7) is 0. The Morgan fingerprint density at radius 3 is 1.48 bits per heavy atom. The molecule has 0 amide bonds. The molecule has 1 nitrogen and oxygen atoms in total. The van der Waals surface area contributed by atoms with Gasteiger partial charge in [0, 0.05) is 5.56 Å². The van der Waals surface area contributed by atoms with Crippen molar-refractivity contribution in [3.63, 3.8) is 0 Å². The second kappa shape index (κ2) is 10.1. The zero-order valence-corrected chi connectivity index (χ0v) is 15.5. The van der Waals surface area contributed by atoms with Gasteiger partial charge in [-0.15, -0.1) is 0 Å². The molecule has 0 saturated heterocycles. The van der Waals surface area contributed by atoms with Crippen LogP contribution in [0, 0.1) is 0 Å². The lowest BCUT2D eigenvalue weighted by Crippen LogP contribution is -2.07. The minimum atomic E-state index is -6.00. The van der Waals surface area contributed by atoms with Gasteiger partial charge >= 0.3 is 7.25 Å². The van der Waals surface area contributed by atoms with Crippen LogP contribution in [0.2, 0.25) is 0 Å². The van der Waals surface area contributed by atoms with Crippen molar-refractivity contribution in [1.82, 2.24) is 0 Å². The molecule has 0 saturated carbocycles. The molecule has 0 bridgehead atoms. The van der Waals surface area contributed by atoms with Crippen molar-refractivity contribution in [3.05, 3.63) is 90.5 Å². The number of methoxy groups -OCH3 is 1. The molecule has 0 aliphatic rings. The Morgan fingerprint density at radius 1 is 0.704 bits per heavy atom. The minimum absolute atomic E-state index is 0.0484. The molecule has 27 heavy (non-hydrogen) atoms. The zero-order valence-electron chi connectivity index (χ0n) is 14.7. The van der Waals surface area contributed by atoms with Gasteiger partial charge in [0.25, 0.3) is 0 Å². The van der Waals surface area contributed by atoms with Crippen LogP contribution in [0.1, 0.15) is 5.56 Å². The summed E-state index contributed by atoms with van der Waals surface area (Å²) < 4.78 is 44.2. The Balaban J connectivity index is 0.000000465. The molecular formula is C20H19BF4OS. The highest BCUT2D eigenvalue weighted by Crippen LogP contribution is 2.27. The Hall–Kier alpha value is -2.41. The van der Waals surface area contributed by atoms with Crippen molar-refractivity contribution < 1.29 is 22.0 Å². The highest BCUT2D eigenvalue weighted by Gasteiger charge is 2.25. The van der Waals surface area contributed by atoms with Crippen molar-refractivity contribution in [2.24, 2.45) is 0 Å². The van der Waals surface area contributed by atoms with Gasteiger partial charge in [0.05, 0.1) is 18.0 Å². The van der Waals surface area contributed by atoms with Gasteiger partial charge in [-0.3, -0.25) is 0 Å². The number of halogens is 4. The van der Waals surface area contributed by atoms with Crippen LogP contribution in [0.4, 0.5) is 17.3 Å². The van der Waals surface area contributed by atoms with E-state index in [2.05, 4.69) is 72.8 Å². The van der Waals surface area contributed by atoms with E-state index in [-0.39, 0.29) is 10.9 Å². The van der Waals surface area contributed by atoms with Gasteiger partial charge in [0.15, 0.2) is 9.79 Å². The molecule has 0 aliphatic carbocycles. The summed E-state index contributed by atoms with van der Waals surface area (Å²) in [5, 5.41) is 0. The molecule has 0 aliphatic heterocycles. The highest BCUT2D eigenvalue weighted by atomic mass is 32.2. The summed E-state index contributed by atoms with van der Waals surface area (Å²) in [7, 11) is -4.25. The summed E-state index contributed by atoms with van der Waals surface area (Å²) in [4.78, 5) is 2.76. The molecule has 3 aromatic rings. The fourth-order valence-corrected chi connectivity index (χ4v) is 4.46. The lowest BCUT2D eigenvalue weighted by molar-refractivity contribution is 0.368. The van der Waals surface area contributed by atoms with E-state index in [1.807, 2.05) is 12.1 Å². The molecule has 0 atom stereocenters. The summed E-state index contributed by atoms with van der Waals surface area (Å²) in [5.74, 6) is 1.92. The van der Waals surface area contributed by atoms with Gasteiger partial charge < -0.3 is 22.0 Å². The van der Waals surface area contributed by atoms with E-state index >= 15 is 0 Å². The molecule has 142 valence electrons. The predicted molar refractivity (Wildman–Crippen MR) is 104 cm³/mol. The molecule has 0 spiro atoms. The van der Waals surface area contributed by atoms with E-state index in [4.69, 9.17) is 4.74 Å². The third-order valence-corrected chi connectivity index (χ3v) is 5.83. The van der Waals surface area contributed by atoms with Gasteiger partial charge in [0.1, 0.15) is 11.5 Å². The largest absolute Gasteiger partial charge is 0.673 e. The van der Waals surface area contributed by atoms with Crippen LogP contribution >= 0.6 is 0 Å². The van der Waals surface area contributed by atoms with Crippen molar-refractivity contribution in [2.75, 3.05) is 7.11 Å². The summed E-state index contributed by atoms with van der Waals surface area (Å²) in [6.07, 6.45) is 0. The maximum Gasteiger partial charge on any atom is 0.673 e. The molecule has 7 heteroatoms. The van der Waals surface area contributed by atoms with Crippen molar-refractivity contribution in [2.45, 2.75) is 15.5 Å². The smallest absolute Gasteiger partial charge is 0.497 e. The van der Waals surface area contributed by atoms with Crippen LogP contribution in [0.3, 0.4) is 0 Å². The average molecular weight is 394 g/mol. The highest BCUT2D eigenvalue weighted by molar-refractivity contribution is 7.96. The van der Waals surface area contributed by atoms with Crippen LogP contribution in [0.5, 0.6) is 5.75 Å². The second-order valence-corrected chi connectivity index (χ2v) is 7.52. The van der Waals surface area contributed by atoms with E-state index in [1.165, 1.54) is 15.4 Å². The lowest BCUT2D eigenvalue weighted by atomic mass is 10.2. The van der Waals surface area contributed by atoms with Crippen molar-refractivity contribution in [3.8, 4) is 5.75 Å². The van der Waals surface area contributed by atoms with Crippen LogP contribution in [0.15, 0.2) is 94.7 Å². The zero-order chi connectivity index (χ0) is 19.7. The minimum Gasteiger partial charge on any atom is -0.497 e. The summed E-state index contributed by atoms with van der Waals surface area (Å²) in [6, 6.07) is 29.9. The molecule has 3 aromatic carbocycles. The first-order valence-electron chi connectivity index (χ1n) is 8.18. The van der Waals surface area contributed by atoms with Crippen LogP contribution < -0.4 is 4.74 Å². The van der Waals surface area contributed by atoms with E-state index in [9.17, 15) is 17.3 Å². The molecule has 0 fully saturated rings. The average Bonchev–Trinajstić information content (AvgIpc) is 2.67. The lowest BCUT2D eigenvalue weighted by Gasteiger charge is -2.09. The topological polar surface area (TPSA) is 9.23 Å². The Kier molecular flexibility index (Phi) is 7.79. The maximum absolute atomic E-state index is 9.75. The van der Waals surface area contributed by atoms with Gasteiger partial charge in [0.2, 0.25) is 0 Å². The standard InChI is InChI=1S/C20H19OS.BF4/c1-21-18-14-12-17(13-15-18)16-22(19-8-4-2-5-9-19)20-10-6-3-7-11-20;2-1(3,4)5/h2-15H,16H2,1H3;/q+1;-1. The summed E-state index contributed by atoms with van der Waals surface area (Å²) in [5.41, 5.74) is 1.33. The quantitative estimate of drug-likeness (QED) is 0.283. The van der Waals surface area contributed by atoms with E-state index in [0.29, 0.717) is 0 Å². The number of hydrogen-bond acceptors (Lipinski definition) is 1. The number of ether oxygens (including phenoxy) is 1. The molecular weight excluding hydrogens is 375 g/mol. The fraction of sp³-hybridized carbons (Fsp3) is 0.100. The van der Waals surface area contributed by atoms with Gasteiger partial charge in [-0.25, -0.2) is 0 Å². The van der Waals surface area contributed by atoms with Crippen LogP contribution in [0.25, 0.3) is 0 Å². The van der Waals surface area contributed by atoms with Gasteiger partial charge in [-0.05, 0) is 36.4 Å². The molecule has 0 aromatic heterocycles. The molecule has 0 heterocycles. The van der Waals surface area contributed by atoms with Crippen molar-refractivity contribution >= 4 is 18.1 Å². The number of benzene rings is 3. The van der Waals surface area contributed by atoms with Crippen LogP contribution in [-0.2, 0) is 16.6 Å². The number of rotatable bonds is 5. The Labute approximate surface area is 159 Å². The molecule has 0 unspecified atom stereocenters. The fourth-order valence-electron chi connectivity index (χ4n) is 2.36. The maximum atomic E-state index is 9.75. The Bertz CT molecular complexity index is 750. The van der Waals surface area contributed by atoms with Gasteiger partial charge in [-0.2, -0.15) is 0 Å². The monoisotopic (exact) mass is 394 g/mol. The molecule has 0 N–H and O–H groups in total. The predicted octanol–water partition coefficient (Wildman–Crippen LogP) is 6.23. The van der Waals surface area contributed by atoms with E-state index in [0.717, 1.165) is 11.5 Å². The molecule has 0 radical (unpaired) electrons. The third-order valence-electron chi connectivity index (χ3n) is 3.53. The first kappa shape index (κ1) is 20.9. The van der Waals surface area contributed by atoms with E-state index < -0.39 is 7.25 Å². The normalized spacial score (nSPS) is 10.9. The van der Waals surface area contributed by atoms with Crippen LogP contribution in [-0.4, -0.2) is 14.4 Å². The first-order chi connectivity index (χ1) is 12.9. The third kappa shape index (κ3) is 7.79. The summed E-state index contributed by atoms with van der Waals surface area (Å²) >= 11 is 0. The first-order valence-corrected chi connectivity index (χ1v) is 9.57. The molecule has 3 rings (SSSR count). The van der Waals surface area contributed by atoms with Crippen molar-refractivity contribution in [1.29, 1.82) is 0 Å². The number of hydrogen-bond donors (Lipinski definition) is 0.